The van der Waals surface area contributed by atoms with Crippen molar-refractivity contribution in [3.63, 3.8) is 0 Å². The van der Waals surface area contributed by atoms with Gasteiger partial charge in [-0.05, 0) is 24.1 Å². The zero-order valence-corrected chi connectivity index (χ0v) is 13.2. The Morgan fingerprint density at radius 3 is 2.84 bits per heavy atom. The Morgan fingerprint density at radius 1 is 1.53 bits per heavy atom. The minimum absolute atomic E-state index is 0.0634. The van der Waals surface area contributed by atoms with Crippen LogP contribution in [0.4, 0.5) is 0 Å². The van der Waals surface area contributed by atoms with Gasteiger partial charge in [-0.15, -0.1) is 0 Å². The summed E-state index contributed by atoms with van der Waals surface area (Å²) in [6, 6.07) is 7.60. The molecule has 2 atom stereocenters. The smallest absolute Gasteiger partial charge is 0.236 e. The van der Waals surface area contributed by atoms with Gasteiger partial charge in [-0.1, -0.05) is 46.6 Å². The maximum absolute atomic E-state index is 12.2. The van der Waals surface area contributed by atoms with Crippen LogP contribution < -0.4 is 0 Å². The maximum atomic E-state index is 12.2. The van der Waals surface area contributed by atoms with Crippen LogP contribution in [0.2, 0.25) is 5.02 Å². The van der Waals surface area contributed by atoms with Gasteiger partial charge in [0.05, 0.1) is 18.0 Å². The minimum Gasteiger partial charge on any atom is -0.370 e. The van der Waals surface area contributed by atoms with Gasteiger partial charge in [0.15, 0.2) is 0 Å². The second-order valence-electron chi connectivity index (χ2n) is 4.57. The SMILES string of the molecule is CCC(Br)C(=O)N1CCOC(c2ccc(Cl)cc2)C1. The van der Waals surface area contributed by atoms with Gasteiger partial charge in [0.2, 0.25) is 5.91 Å². The molecular formula is C14H17BrClNO2. The van der Waals surface area contributed by atoms with Crippen molar-refractivity contribution < 1.29 is 9.53 Å². The van der Waals surface area contributed by atoms with Gasteiger partial charge in [0.1, 0.15) is 6.10 Å². The normalized spacial score (nSPS) is 21.2. The molecule has 1 saturated heterocycles. The largest absolute Gasteiger partial charge is 0.370 e. The summed E-state index contributed by atoms with van der Waals surface area (Å²) in [5, 5.41) is 0.707. The molecule has 0 radical (unpaired) electrons. The number of carbonyl (C=O) groups excluding carboxylic acids is 1. The first-order chi connectivity index (χ1) is 9.11. The van der Waals surface area contributed by atoms with Crippen LogP contribution in [-0.2, 0) is 9.53 Å². The molecule has 0 saturated carbocycles. The average Bonchev–Trinajstić information content (AvgIpc) is 2.46. The fraction of sp³-hybridized carbons (Fsp3) is 0.500. The topological polar surface area (TPSA) is 29.5 Å². The number of benzene rings is 1. The van der Waals surface area contributed by atoms with Crippen molar-refractivity contribution in [3.05, 3.63) is 34.9 Å². The number of hydrogen-bond donors (Lipinski definition) is 0. The van der Waals surface area contributed by atoms with Crippen LogP contribution >= 0.6 is 27.5 Å². The van der Waals surface area contributed by atoms with E-state index < -0.39 is 0 Å². The van der Waals surface area contributed by atoms with Gasteiger partial charge in [-0.2, -0.15) is 0 Å². The van der Waals surface area contributed by atoms with E-state index in [0.29, 0.717) is 24.7 Å². The van der Waals surface area contributed by atoms with E-state index in [1.165, 1.54) is 0 Å². The van der Waals surface area contributed by atoms with E-state index in [2.05, 4.69) is 15.9 Å². The summed E-state index contributed by atoms with van der Waals surface area (Å²) in [6.07, 6.45) is 0.730. The summed E-state index contributed by atoms with van der Waals surface area (Å²) in [6.45, 7) is 3.82. The highest BCUT2D eigenvalue weighted by Gasteiger charge is 2.28. The highest BCUT2D eigenvalue weighted by molar-refractivity contribution is 9.10. The first kappa shape index (κ1) is 14.8. The van der Waals surface area contributed by atoms with E-state index in [1.807, 2.05) is 36.1 Å². The van der Waals surface area contributed by atoms with Crippen LogP contribution in [0.3, 0.4) is 0 Å². The predicted octanol–water partition coefficient (Wildman–Crippen LogP) is 3.41. The number of carbonyl (C=O) groups is 1. The Morgan fingerprint density at radius 2 is 2.21 bits per heavy atom. The molecule has 2 unspecified atom stereocenters. The van der Waals surface area contributed by atoms with Crippen LogP contribution in [0.25, 0.3) is 0 Å². The number of rotatable bonds is 3. The molecular weight excluding hydrogens is 330 g/mol. The number of ether oxygens (including phenoxy) is 1. The van der Waals surface area contributed by atoms with Crippen LogP contribution in [0, 0.1) is 0 Å². The number of nitrogens with zero attached hydrogens (tertiary/aromatic N) is 1. The molecule has 0 spiro atoms. The molecule has 1 aromatic rings. The van der Waals surface area contributed by atoms with E-state index in [9.17, 15) is 4.79 Å². The minimum atomic E-state index is -0.100. The number of morpholine rings is 1. The second kappa shape index (κ2) is 6.73. The van der Waals surface area contributed by atoms with Crippen LogP contribution in [-0.4, -0.2) is 35.3 Å². The zero-order valence-electron chi connectivity index (χ0n) is 10.8. The average molecular weight is 347 g/mol. The van der Waals surface area contributed by atoms with Crippen molar-refractivity contribution >= 4 is 33.4 Å². The molecule has 1 amide bonds. The molecule has 1 aliphatic heterocycles. The first-order valence-corrected chi connectivity index (χ1v) is 7.71. The summed E-state index contributed by atoms with van der Waals surface area (Å²) in [5.74, 6) is 0.143. The van der Waals surface area contributed by atoms with Crippen LogP contribution in [0.5, 0.6) is 0 Å². The monoisotopic (exact) mass is 345 g/mol. The van der Waals surface area contributed by atoms with Crippen molar-refractivity contribution in [2.75, 3.05) is 19.7 Å². The van der Waals surface area contributed by atoms with E-state index in [4.69, 9.17) is 16.3 Å². The molecule has 104 valence electrons. The Hall–Kier alpha value is -0.580. The zero-order chi connectivity index (χ0) is 13.8. The highest BCUT2D eigenvalue weighted by atomic mass is 79.9. The maximum Gasteiger partial charge on any atom is 0.236 e. The molecule has 0 bridgehead atoms. The van der Waals surface area contributed by atoms with Crippen molar-refractivity contribution in [1.82, 2.24) is 4.90 Å². The lowest BCUT2D eigenvalue weighted by Gasteiger charge is -2.34. The standard InChI is InChI=1S/C14H17BrClNO2/c1-2-12(15)14(18)17-7-8-19-13(9-17)10-3-5-11(16)6-4-10/h3-6,12-13H,2,7-9H2,1H3. The van der Waals surface area contributed by atoms with Crippen molar-refractivity contribution in [3.8, 4) is 0 Å². The lowest BCUT2D eigenvalue weighted by molar-refractivity contribution is -0.138. The molecule has 1 heterocycles. The Balaban J connectivity index is 2.04. The van der Waals surface area contributed by atoms with Gasteiger partial charge in [-0.25, -0.2) is 0 Å². The van der Waals surface area contributed by atoms with Crippen LogP contribution in [0.1, 0.15) is 25.0 Å². The third-order valence-electron chi connectivity index (χ3n) is 3.25. The van der Waals surface area contributed by atoms with Gasteiger partial charge in [0, 0.05) is 11.6 Å². The van der Waals surface area contributed by atoms with Crippen molar-refractivity contribution in [1.29, 1.82) is 0 Å². The van der Waals surface area contributed by atoms with Gasteiger partial charge >= 0.3 is 0 Å². The molecule has 0 aromatic heterocycles. The van der Waals surface area contributed by atoms with E-state index in [1.54, 1.807) is 0 Å². The molecule has 2 rings (SSSR count). The highest BCUT2D eigenvalue weighted by Crippen LogP contribution is 2.24. The molecule has 1 aromatic carbocycles. The summed E-state index contributed by atoms with van der Waals surface area (Å²) < 4.78 is 5.75. The lowest BCUT2D eigenvalue weighted by Crippen LogP contribution is -2.45. The quantitative estimate of drug-likeness (QED) is 0.785. The van der Waals surface area contributed by atoms with E-state index >= 15 is 0 Å². The number of amides is 1. The summed E-state index contributed by atoms with van der Waals surface area (Å²) in [7, 11) is 0. The molecule has 0 N–H and O–H groups in total. The number of halogens is 2. The summed E-state index contributed by atoms with van der Waals surface area (Å²) >= 11 is 9.29. The summed E-state index contributed by atoms with van der Waals surface area (Å²) in [4.78, 5) is 13.9. The van der Waals surface area contributed by atoms with Gasteiger partial charge < -0.3 is 9.64 Å². The first-order valence-electron chi connectivity index (χ1n) is 6.41. The molecule has 1 aliphatic rings. The fourth-order valence-electron chi connectivity index (χ4n) is 2.10. The predicted molar refractivity (Wildman–Crippen MR) is 79.7 cm³/mol. The van der Waals surface area contributed by atoms with Crippen LogP contribution in [0.15, 0.2) is 24.3 Å². The lowest BCUT2D eigenvalue weighted by atomic mass is 10.1. The molecule has 19 heavy (non-hydrogen) atoms. The second-order valence-corrected chi connectivity index (χ2v) is 6.11. The van der Waals surface area contributed by atoms with Gasteiger partial charge in [-0.3, -0.25) is 4.79 Å². The number of hydrogen-bond acceptors (Lipinski definition) is 2. The van der Waals surface area contributed by atoms with Gasteiger partial charge in [0.25, 0.3) is 0 Å². The Bertz CT molecular complexity index is 438. The Kier molecular flexibility index (Phi) is 5.25. The third-order valence-corrected chi connectivity index (χ3v) is 4.54. The number of alkyl halides is 1. The van der Waals surface area contributed by atoms with E-state index in [0.717, 1.165) is 12.0 Å². The Labute approximate surface area is 127 Å². The summed E-state index contributed by atoms with van der Waals surface area (Å²) in [5.41, 5.74) is 1.06. The molecule has 0 aliphatic carbocycles. The third kappa shape index (κ3) is 3.71. The molecule has 1 fully saturated rings. The molecule has 5 heteroatoms. The molecule has 3 nitrogen and oxygen atoms in total. The van der Waals surface area contributed by atoms with E-state index in [-0.39, 0.29) is 16.8 Å². The van der Waals surface area contributed by atoms with Crippen molar-refractivity contribution in [2.45, 2.75) is 24.3 Å². The van der Waals surface area contributed by atoms with Crippen molar-refractivity contribution in [2.24, 2.45) is 0 Å². The fourth-order valence-corrected chi connectivity index (χ4v) is 2.52.